The van der Waals surface area contributed by atoms with Gasteiger partial charge < -0.3 is 9.88 Å². The molecule has 0 bridgehead atoms. The van der Waals surface area contributed by atoms with Crippen molar-refractivity contribution in [1.29, 1.82) is 0 Å². The van der Waals surface area contributed by atoms with Gasteiger partial charge in [-0.15, -0.1) is 0 Å². The lowest BCUT2D eigenvalue weighted by Crippen LogP contribution is -2.16. The Labute approximate surface area is 77.4 Å². The molecule has 1 aromatic rings. The molecule has 2 unspecified atom stereocenters. The molecule has 70 valence electrons. The molecule has 2 atom stereocenters. The van der Waals surface area contributed by atoms with Crippen molar-refractivity contribution in [2.45, 2.75) is 19.4 Å². The Balaban J connectivity index is 2.13. The maximum atomic E-state index is 11.2. The van der Waals surface area contributed by atoms with Crippen LogP contribution in [0.3, 0.4) is 0 Å². The second-order valence-corrected chi connectivity index (χ2v) is 3.83. The van der Waals surface area contributed by atoms with Crippen molar-refractivity contribution in [3.05, 3.63) is 28.7 Å². The first-order valence-corrected chi connectivity index (χ1v) is 4.60. The van der Waals surface area contributed by atoms with Crippen LogP contribution in [0, 0.1) is 5.92 Å². The topological polar surface area (TPSA) is 34.0 Å². The van der Waals surface area contributed by atoms with Crippen molar-refractivity contribution in [2.24, 2.45) is 13.0 Å². The van der Waals surface area contributed by atoms with Gasteiger partial charge in [-0.05, 0) is 18.4 Å². The molecule has 3 nitrogen and oxygen atoms in total. The Bertz CT molecular complexity index is 369. The zero-order chi connectivity index (χ0) is 9.42. The van der Waals surface area contributed by atoms with E-state index in [1.165, 1.54) is 6.42 Å². The smallest absolute Gasteiger partial charge is 0.252 e. The number of aromatic nitrogens is 1. The molecule has 1 N–H and O–H groups in total. The van der Waals surface area contributed by atoms with Crippen LogP contribution < -0.4 is 10.9 Å². The average molecular weight is 178 g/mol. The molecule has 0 saturated heterocycles. The number of aryl methyl sites for hydroxylation is 1. The van der Waals surface area contributed by atoms with Gasteiger partial charge in [-0.25, -0.2) is 0 Å². The van der Waals surface area contributed by atoms with Crippen LogP contribution in [0.25, 0.3) is 0 Å². The molecule has 13 heavy (non-hydrogen) atoms. The molecule has 0 radical (unpaired) electrons. The van der Waals surface area contributed by atoms with Crippen LogP contribution in [0.2, 0.25) is 0 Å². The van der Waals surface area contributed by atoms with Gasteiger partial charge in [-0.3, -0.25) is 4.79 Å². The molecule has 1 saturated carbocycles. The number of hydrogen-bond donors (Lipinski definition) is 1. The van der Waals surface area contributed by atoms with E-state index in [-0.39, 0.29) is 5.56 Å². The minimum absolute atomic E-state index is 0.0401. The first kappa shape index (κ1) is 8.35. The maximum Gasteiger partial charge on any atom is 0.252 e. The van der Waals surface area contributed by atoms with Gasteiger partial charge in [-0.2, -0.15) is 0 Å². The van der Waals surface area contributed by atoms with Gasteiger partial charge in [0.1, 0.15) is 0 Å². The summed E-state index contributed by atoms with van der Waals surface area (Å²) in [5, 5.41) is 3.32. The molecule has 1 fully saturated rings. The highest BCUT2D eigenvalue weighted by Crippen LogP contribution is 2.32. The van der Waals surface area contributed by atoms with Crippen molar-refractivity contribution < 1.29 is 0 Å². The fraction of sp³-hybridized carbons (Fsp3) is 0.500. The van der Waals surface area contributed by atoms with Gasteiger partial charge in [0.25, 0.3) is 5.56 Å². The number of rotatable bonds is 2. The van der Waals surface area contributed by atoms with Crippen molar-refractivity contribution >= 4 is 5.69 Å². The van der Waals surface area contributed by atoms with Crippen LogP contribution in [-0.2, 0) is 7.05 Å². The Kier molecular flexibility index (Phi) is 1.87. The number of anilines is 1. The molecule has 0 aromatic carbocycles. The van der Waals surface area contributed by atoms with Gasteiger partial charge in [-0.1, -0.05) is 6.92 Å². The monoisotopic (exact) mass is 178 g/mol. The zero-order valence-corrected chi connectivity index (χ0v) is 7.95. The highest BCUT2D eigenvalue weighted by atomic mass is 16.1. The minimum Gasteiger partial charge on any atom is -0.382 e. The highest BCUT2D eigenvalue weighted by molar-refractivity contribution is 5.43. The standard InChI is InChI=1S/C10H14N2O/c1-7-5-9(7)11-8-3-4-12(2)10(13)6-8/h3-4,6-7,9,11H,5H2,1-2H3. The van der Waals surface area contributed by atoms with Crippen LogP contribution in [0.15, 0.2) is 23.1 Å². The minimum atomic E-state index is 0.0401. The Morgan fingerprint density at radius 3 is 2.85 bits per heavy atom. The van der Waals surface area contributed by atoms with E-state index >= 15 is 0 Å². The average Bonchev–Trinajstić information content (AvgIpc) is 2.75. The zero-order valence-electron chi connectivity index (χ0n) is 7.95. The fourth-order valence-corrected chi connectivity index (χ4v) is 1.38. The van der Waals surface area contributed by atoms with Crippen molar-refractivity contribution in [3.63, 3.8) is 0 Å². The molecular formula is C10H14N2O. The van der Waals surface area contributed by atoms with Crippen LogP contribution in [0.1, 0.15) is 13.3 Å². The lowest BCUT2D eigenvalue weighted by atomic mass is 10.4. The van der Waals surface area contributed by atoms with Crippen LogP contribution in [0.4, 0.5) is 5.69 Å². The molecule has 2 rings (SSSR count). The maximum absolute atomic E-state index is 11.2. The first-order valence-electron chi connectivity index (χ1n) is 4.60. The van der Waals surface area contributed by atoms with E-state index in [0.717, 1.165) is 11.6 Å². The number of pyridine rings is 1. The van der Waals surface area contributed by atoms with E-state index < -0.39 is 0 Å². The molecule has 0 amide bonds. The molecule has 3 heteroatoms. The third kappa shape index (κ3) is 1.74. The summed E-state index contributed by atoms with van der Waals surface area (Å²) in [5.41, 5.74) is 0.982. The van der Waals surface area contributed by atoms with Gasteiger partial charge >= 0.3 is 0 Å². The summed E-state index contributed by atoms with van der Waals surface area (Å²) < 4.78 is 1.57. The summed E-state index contributed by atoms with van der Waals surface area (Å²) in [7, 11) is 1.76. The van der Waals surface area contributed by atoms with Crippen LogP contribution in [-0.4, -0.2) is 10.6 Å². The summed E-state index contributed by atoms with van der Waals surface area (Å²) in [6.07, 6.45) is 3.01. The third-order valence-corrected chi connectivity index (χ3v) is 2.57. The summed E-state index contributed by atoms with van der Waals surface area (Å²) >= 11 is 0. The molecule has 1 aromatic heterocycles. The van der Waals surface area contributed by atoms with Crippen molar-refractivity contribution in [3.8, 4) is 0 Å². The van der Waals surface area contributed by atoms with E-state index in [2.05, 4.69) is 12.2 Å². The molecule has 0 spiro atoms. The quantitative estimate of drug-likeness (QED) is 0.738. The second-order valence-electron chi connectivity index (χ2n) is 3.83. The molecule has 0 aliphatic heterocycles. The van der Waals surface area contributed by atoms with E-state index in [1.54, 1.807) is 23.9 Å². The molecule has 1 heterocycles. The van der Waals surface area contributed by atoms with Gasteiger partial charge in [0.05, 0.1) is 0 Å². The number of hydrogen-bond acceptors (Lipinski definition) is 2. The van der Waals surface area contributed by atoms with E-state index in [1.807, 2.05) is 6.07 Å². The number of nitrogens with one attached hydrogen (secondary N) is 1. The van der Waals surface area contributed by atoms with Gasteiger partial charge in [0.15, 0.2) is 0 Å². The Morgan fingerprint density at radius 2 is 2.31 bits per heavy atom. The summed E-state index contributed by atoms with van der Waals surface area (Å²) in [5.74, 6) is 0.754. The number of nitrogens with zero attached hydrogens (tertiary/aromatic N) is 1. The summed E-state index contributed by atoms with van der Waals surface area (Å²) in [4.78, 5) is 11.2. The molecular weight excluding hydrogens is 164 g/mol. The normalized spacial score (nSPS) is 25.7. The largest absolute Gasteiger partial charge is 0.382 e. The molecule has 1 aliphatic rings. The van der Waals surface area contributed by atoms with Crippen LogP contribution >= 0.6 is 0 Å². The highest BCUT2D eigenvalue weighted by Gasteiger charge is 2.32. The molecule has 1 aliphatic carbocycles. The summed E-state index contributed by atoms with van der Waals surface area (Å²) in [6.45, 7) is 2.21. The lowest BCUT2D eigenvalue weighted by molar-refractivity contribution is 0.857. The van der Waals surface area contributed by atoms with Crippen molar-refractivity contribution in [1.82, 2.24) is 4.57 Å². The second kappa shape index (κ2) is 2.91. The van der Waals surface area contributed by atoms with Crippen molar-refractivity contribution in [2.75, 3.05) is 5.32 Å². The lowest BCUT2D eigenvalue weighted by Gasteiger charge is -2.04. The van der Waals surface area contributed by atoms with Gasteiger partial charge in [0.2, 0.25) is 0 Å². The van der Waals surface area contributed by atoms with E-state index in [9.17, 15) is 4.79 Å². The van der Waals surface area contributed by atoms with E-state index in [0.29, 0.717) is 6.04 Å². The van der Waals surface area contributed by atoms with Crippen LogP contribution in [0.5, 0.6) is 0 Å². The predicted octanol–water partition coefficient (Wildman–Crippen LogP) is 1.21. The van der Waals surface area contributed by atoms with Gasteiger partial charge in [0, 0.05) is 31.0 Å². The van der Waals surface area contributed by atoms with E-state index in [4.69, 9.17) is 0 Å². The fourth-order valence-electron chi connectivity index (χ4n) is 1.38. The Morgan fingerprint density at radius 1 is 1.62 bits per heavy atom. The third-order valence-electron chi connectivity index (χ3n) is 2.57. The first-order chi connectivity index (χ1) is 6.16. The summed E-state index contributed by atoms with van der Waals surface area (Å²) in [6, 6.07) is 4.16. The predicted molar refractivity (Wildman–Crippen MR) is 52.9 cm³/mol. The SMILES string of the molecule is CC1CC1Nc1ccn(C)c(=O)c1. The Hall–Kier alpha value is -1.25.